The van der Waals surface area contributed by atoms with E-state index in [1.54, 1.807) is 12.1 Å². The maximum absolute atomic E-state index is 12.8. The van der Waals surface area contributed by atoms with Crippen molar-refractivity contribution < 1.29 is 24.6 Å². The van der Waals surface area contributed by atoms with Gasteiger partial charge in [0.15, 0.2) is 17.3 Å². The number of phenols is 2. The highest BCUT2D eigenvalue weighted by Gasteiger charge is 2.36. The number of phenolic OH excluding ortho intramolecular Hbond substituents is 2. The number of carbonyl (C=O) groups is 2. The molecule has 6 heteroatoms. The molecule has 6 nitrogen and oxygen atoms in total. The number of hydrogen-bond donors (Lipinski definition) is 2. The van der Waals surface area contributed by atoms with Gasteiger partial charge in [0.05, 0.1) is 17.7 Å². The molecule has 0 aromatic heterocycles. The lowest BCUT2D eigenvalue weighted by atomic mass is 9.82. The van der Waals surface area contributed by atoms with Gasteiger partial charge in [-0.25, -0.2) is 0 Å². The molecule has 0 fully saturated rings. The lowest BCUT2D eigenvalue weighted by molar-refractivity contribution is 0.0970. The van der Waals surface area contributed by atoms with Crippen LogP contribution in [0.5, 0.6) is 11.5 Å². The van der Waals surface area contributed by atoms with Crippen LogP contribution in [0.1, 0.15) is 52.1 Å². The summed E-state index contributed by atoms with van der Waals surface area (Å²) in [4.78, 5) is 31.1. The molecule has 0 saturated carbocycles. The van der Waals surface area contributed by atoms with E-state index in [1.807, 2.05) is 13.8 Å². The van der Waals surface area contributed by atoms with Crippen LogP contribution in [0, 0.1) is 0 Å². The third-order valence-corrected chi connectivity index (χ3v) is 4.14. The second-order valence-electron chi connectivity index (χ2n) is 5.75. The van der Waals surface area contributed by atoms with Gasteiger partial charge < -0.3 is 10.2 Å². The molecule has 2 aromatic rings. The molecule has 0 saturated heterocycles. The Labute approximate surface area is 145 Å². The molecule has 25 heavy (non-hydrogen) atoms. The molecule has 0 atom stereocenters. The predicted octanol–water partition coefficient (Wildman–Crippen LogP) is 3.04. The van der Waals surface area contributed by atoms with Gasteiger partial charge >= 0.3 is 0 Å². The normalized spacial score (nSPS) is 12.7. The van der Waals surface area contributed by atoms with E-state index in [9.17, 15) is 19.8 Å². The fourth-order valence-corrected chi connectivity index (χ4v) is 2.97. The molecule has 0 unspecified atom stereocenters. The fourth-order valence-electron chi connectivity index (χ4n) is 2.97. The van der Waals surface area contributed by atoms with Crippen molar-refractivity contribution in [2.45, 2.75) is 20.3 Å². The Hall–Kier alpha value is -2.86. The second kappa shape index (κ2) is 6.57. The van der Waals surface area contributed by atoms with Crippen molar-refractivity contribution >= 4 is 17.3 Å². The maximum Gasteiger partial charge on any atom is 0.198 e. The van der Waals surface area contributed by atoms with Gasteiger partial charge in [-0.1, -0.05) is 31.2 Å². The molecule has 0 amide bonds. The van der Waals surface area contributed by atoms with Crippen molar-refractivity contribution in [1.82, 2.24) is 0 Å². The lowest BCUT2D eigenvalue weighted by Gasteiger charge is -2.26. The van der Waals surface area contributed by atoms with Crippen LogP contribution in [0.4, 0.5) is 5.69 Å². The summed E-state index contributed by atoms with van der Waals surface area (Å²) in [5.74, 6) is -1.69. The highest BCUT2D eigenvalue weighted by molar-refractivity contribution is 6.30. The average molecular weight is 341 g/mol. The summed E-state index contributed by atoms with van der Waals surface area (Å²) < 4.78 is 0. The first-order valence-electron chi connectivity index (χ1n) is 8.19. The molecule has 1 aliphatic carbocycles. The number of nitrogens with zero attached hydrogens (tertiary/aromatic N) is 1. The van der Waals surface area contributed by atoms with Crippen LogP contribution in [0.15, 0.2) is 30.3 Å². The standard InChI is InChI=1S/C19H19NO5/c1-3-9-25-20(4-2)13-10-14(21)15-16(19(13)24)18(23)12-8-6-5-7-11(12)17(15)22/h5-8,10,21,24H,3-4,9H2,1-2H3. The van der Waals surface area contributed by atoms with Crippen molar-refractivity contribution in [1.29, 1.82) is 0 Å². The summed E-state index contributed by atoms with van der Waals surface area (Å²) in [6.07, 6.45) is 0.763. The van der Waals surface area contributed by atoms with Gasteiger partial charge in [0, 0.05) is 23.7 Å². The zero-order valence-electron chi connectivity index (χ0n) is 14.1. The number of hydroxylamine groups is 1. The van der Waals surface area contributed by atoms with Crippen LogP contribution in [-0.4, -0.2) is 34.9 Å². The third-order valence-electron chi connectivity index (χ3n) is 4.14. The molecule has 0 bridgehead atoms. The molecule has 0 spiro atoms. The van der Waals surface area contributed by atoms with Crippen molar-refractivity contribution in [2.24, 2.45) is 0 Å². The fraction of sp³-hybridized carbons (Fsp3) is 0.263. The highest BCUT2D eigenvalue weighted by Crippen LogP contribution is 2.43. The summed E-state index contributed by atoms with van der Waals surface area (Å²) in [5, 5.41) is 22.4. The van der Waals surface area contributed by atoms with E-state index >= 15 is 0 Å². The molecule has 0 radical (unpaired) electrons. The van der Waals surface area contributed by atoms with Crippen LogP contribution in [0.2, 0.25) is 0 Å². The second-order valence-corrected chi connectivity index (χ2v) is 5.75. The van der Waals surface area contributed by atoms with E-state index in [2.05, 4.69) is 0 Å². The number of benzene rings is 2. The van der Waals surface area contributed by atoms with Crippen LogP contribution in [0.25, 0.3) is 0 Å². The lowest BCUT2D eigenvalue weighted by Crippen LogP contribution is -2.26. The maximum atomic E-state index is 12.8. The Bertz CT molecular complexity index is 859. The first kappa shape index (κ1) is 17.0. The van der Waals surface area contributed by atoms with Crippen LogP contribution < -0.4 is 5.06 Å². The quantitative estimate of drug-likeness (QED) is 0.548. The van der Waals surface area contributed by atoms with Crippen molar-refractivity contribution in [3.63, 3.8) is 0 Å². The third kappa shape index (κ3) is 2.64. The first-order valence-corrected chi connectivity index (χ1v) is 8.19. The van der Waals surface area contributed by atoms with Gasteiger partial charge in [-0.2, -0.15) is 0 Å². The Morgan fingerprint density at radius 2 is 1.60 bits per heavy atom. The number of ketones is 2. The molecule has 3 rings (SSSR count). The van der Waals surface area contributed by atoms with Gasteiger partial charge in [-0.05, 0) is 13.3 Å². The number of rotatable bonds is 5. The molecule has 2 N–H and O–H groups in total. The largest absolute Gasteiger partial charge is 0.507 e. The van der Waals surface area contributed by atoms with Crippen LogP contribution in [0.3, 0.4) is 0 Å². The molecule has 1 aliphatic rings. The topological polar surface area (TPSA) is 87.1 Å². The van der Waals surface area contributed by atoms with Gasteiger partial charge in [-0.3, -0.25) is 19.5 Å². The molecule has 0 aliphatic heterocycles. The Kier molecular flexibility index (Phi) is 4.46. The molecule has 130 valence electrons. The van der Waals surface area contributed by atoms with Gasteiger partial charge in [0.1, 0.15) is 11.4 Å². The summed E-state index contributed by atoms with van der Waals surface area (Å²) in [5.41, 5.74) is 0.239. The number of anilines is 1. The average Bonchev–Trinajstić information content (AvgIpc) is 2.62. The van der Waals surface area contributed by atoms with Crippen LogP contribution in [-0.2, 0) is 4.84 Å². The monoisotopic (exact) mass is 341 g/mol. The van der Waals surface area contributed by atoms with E-state index in [1.165, 1.54) is 23.3 Å². The van der Waals surface area contributed by atoms with E-state index in [-0.39, 0.29) is 39.4 Å². The van der Waals surface area contributed by atoms with Gasteiger partial charge in [0.25, 0.3) is 0 Å². The molecular formula is C19H19NO5. The van der Waals surface area contributed by atoms with Crippen molar-refractivity contribution in [3.05, 3.63) is 52.6 Å². The van der Waals surface area contributed by atoms with E-state index < -0.39 is 11.6 Å². The van der Waals surface area contributed by atoms with Crippen molar-refractivity contribution in [3.8, 4) is 11.5 Å². The van der Waals surface area contributed by atoms with E-state index in [4.69, 9.17) is 4.84 Å². The minimum Gasteiger partial charge on any atom is -0.507 e. The Morgan fingerprint density at radius 1 is 1.00 bits per heavy atom. The number of hydrogen-bond acceptors (Lipinski definition) is 6. The predicted molar refractivity (Wildman–Crippen MR) is 92.3 cm³/mol. The molecular weight excluding hydrogens is 322 g/mol. The summed E-state index contributed by atoms with van der Waals surface area (Å²) in [6.45, 7) is 4.57. The Balaban J connectivity index is 2.19. The first-order chi connectivity index (χ1) is 12.0. The van der Waals surface area contributed by atoms with E-state index in [0.717, 1.165) is 6.42 Å². The van der Waals surface area contributed by atoms with Crippen LogP contribution >= 0.6 is 0 Å². The zero-order valence-corrected chi connectivity index (χ0v) is 14.1. The minimum atomic E-state index is -0.494. The smallest absolute Gasteiger partial charge is 0.198 e. The zero-order chi connectivity index (χ0) is 18.1. The highest BCUT2D eigenvalue weighted by atomic mass is 16.7. The number of aromatic hydroxyl groups is 2. The number of fused-ring (bicyclic) bond motifs is 2. The molecule has 2 aromatic carbocycles. The minimum absolute atomic E-state index is 0.160. The number of carbonyl (C=O) groups excluding carboxylic acids is 2. The Morgan fingerprint density at radius 3 is 2.16 bits per heavy atom. The van der Waals surface area contributed by atoms with Gasteiger partial charge in [-0.15, -0.1) is 0 Å². The summed E-state index contributed by atoms with van der Waals surface area (Å²) in [7, 11) is 0. The van der Waals surface area contributed by atoms with E-state index in [0.29, 0.717) is 13.2 Å². The summed E-state index contributed by atoms with van der Waals surface area (Å²) in [6, 6.07) is 7.63. The SMILES string of the molecule is CCCON(CC)c1cc(O)c2c(c1O)C(=O)c1ccccc1C2=O. The molecule has 0 heterocycles. The van der Waals surface area contributed by atoms with Gasteiger partial charge in [0.2, 0.25) is 0 Å². The van der Waals surface area contributed by atoms with Crippen molar-refractivity contribution in [2.75, 3.05) is 18.2 Å². The summed E-state index contributed by atoms with van der Waals surface area (Å²) >= 11 is 0.